The highest BCUT2D eigenvalue weighted by Gasteiger charge is 2.24. The van der Waals surface area contributed by atoms with Crippen LogP contribution in [0, 0.1) is 5.92 Å². The summed E-state index contributed by atoms with van der Waals surface area (Å²) in [5, 5.41) is 9.29. The Labute approximate surface area is 97.6 Å². The molecule has 4 nitrogen and oxygen atoms in total. The second kappa shape index (κ2) is 6.09. The van der Waals surface area contributed by atoms with Crippen LogP contribution in [0.5, 0.6) is 0 Å². The number of amides is 1. The van der Waals surface area contributed by atoms with Gasteiger partial charge in [0.05, 0.1) is 12.2 Å². The number of nitrogens with zero attached hydrogens (tertiary/aromatic N) is 1. The highest BCUT2D eigenvalue weighted by atomic mass is 16.6. The predicted octanol–water partition coefficient (Wildman–Crippen LogP) is 2.01. The Bertz CT molecular complexity index is 220. The minimum atomic E-state index is -0.237. The molecule has 1 N–H and O–H groups in total. The Morgan fingerprint density at radius 2 is 1.94 bits per heavy atom. The molecule has 1 aliphatic heterocycles. The van der Waals surface area contributed by atoms with E-state index in [2.05, 4.69) is 0 Å². The molecule has 4 heteroatoms. The zero-order valence-corrected chi connectivity index (χ0v) is 10.5. The van der Waals surface area contributed by atoms with Crippen LogP contribution in [0.3, 0.4) is 0 Å². The number of carbonyl (C=O) groups is 1. The monoisotopic (exact) mass is 229 g/mol. The highest BCUT2D eigenvalue weighted by molar-refractivity contribution is 5.67. The number of likely N-dealkylation sites (tertiary alicyclic amines) is 1. The van der Waals surface area contributed by atoms with E-state index in [0.717, 1.165) is 32.4 Å². The van der Waals surface area contributed by atoms with Crippen molar-refractivity contribution in [2.45, 2.75) is 52.2 Å². The van der Waals surface area contributed by atoms with Crippen molar-refractivity contribution in [1.82, 2.24) is 4.90 Å². The van der Waals surface area contributed by atoms with Gasteiger partial charge in [-0.1, -0.05) is 0 Å². The summed E-state index contributed by atoms with van der Waals surface area (Å²) in [6.07, 6.45) is 2.29. The van der Waals surface area contributed by atoms with Gasteiger partial charge in [0.15, 0.2) is 0 Å². The molecule has 1 aliphatic rings. The Morgan fingerprint density at radius 3 is 2.38 bits per heavy atom. The molecule has 0 bridgehead atoms. The molecule has 1 heterocycles. The van der Waals surface area contributed by atoms with Crippen molar-refractivity contribution < 1.29 is 14.6 Å². The Kier molecular flexibility index (Phi) is 5.06. The number of ether oxygens (including phenoxy) is 1. The molecule has 0 spiro atoms. The maximum Gasteiger partial charge on any atom is 0.410 e. The lowest BCUT2D eigenvalue weighted by atomic mass is 9.92. The lowest BCUT2D eigenvalue weighted by Gasteiger charge is -2.32. The van der Waals surface area contributed by atoms with Crippen molar-refractivity contribution >= 4 is 6.09 Å². The molecule has 1 saturated heterocycles. The smallest absolute Gasteiger partial charge is 0.410 e. The van der Waals surface area contributed by atoms with Crippen LogP contribution in [0.25, 0.3) is 0 Å². The Balaban J connectivity index is 2.28. The average molecular weight is 229 g/mol. The Morgan fingerprint density at radius 1 is 1.38 bits per heavy atom. The molecule has 1 unspecified atom stereocenters. The lowest BCUT2D eigenvalue weighted by Crippen LogP contribution is -2.40. The summed E-state index contributed by atoms with van der Waals surface area (Å²) >= 11 is 0. The summed E-state index contributed by atoms with van der Waals surface area (Å²) in [7, 11) is 0. The van der Waals surface area contributed by atoms with Gasteiger partial charge in [-0.3, -0.25) is 0 Å². The van der Waals surface area contributed by atoms with Crippen molar-refractivity contribution in [3.8, 4) is 0 Å². The fraction of sp³-hybridized carbons (Fsp3) is 0.917. The third kappa shape index (κ3) is 4.39. The van der Waals surface area contributed by atoms with Gasteiger partial charge in [-0.15, -0.1) is 0 Å². The van der Waals surface area contributed by atoms with Crippen molar-refractivity contribution in [2.24, 2.45) is 5.92 Å². The molecular weight excluding hydrogens is 206 g/mol. The van der Waals surface area contributed by atoms with E-state index in [4.69, 9.17) is 4.74 Å². The third-order valence-corrected chi connectivity index (χ3v) is 2.88. The van der Waals surface area contributed by atoms with Crippen LogP contribution in [-0.2, 0) is 4.74 Å². The molecule has 0 aromatic heterocycles. The van der Waals surface area contributed by atoms with Crippen molar-refractivity contribution in [2.75, 3.05) is 13.1 Å². The second-order valence-electron chi connectivity index (χ2n) is 4.95. The van der Waals surface area contributed by atoms with Crippen LogP contribution < -0.4 is 0 Å². The second-order valence-corrected chi connectivity index (χ2v) is 4.95. The van der Waals surface area contributed by atoms with E-state index >= 15 is 0 Å². The summed E-state index contributed by atoms with van der Waals surface area (Å²) in [6.45, 7) is 7.04. The third-order valence-electron chi connectivity index (χ3n) is 2.88. The number of rotatable bonds is 3. The van der Waals surface area contributed by atoms with E-state index in [9.17, 15) is 9.90 Å². The van der Waals surface area contributed by atoms with Gasteiger partial charge in [0.25, 0.3) is 0 Å². The number of piperidine rings is 1. The first-order valence-corrected chi connectivity index (χ1v) is 6.12. The molecule has 1 atom stereocenters. The molecule has 0 radical (unpaired) electrons. The number of hydrogen-bond acceptors (Lipinski definition) is 3. The zero-order valence-electron chi connectivity index (χ0n) is 10.5. The lowest BCUT2D eigenvalue weighted by molar-refractivity contribution is 0.0600. The quantitative estimate of drug-likeness (QED) is 0.805. The molecule has 1 fully saturated rings. The van der Waals surface area contributed by atoms with E-state index < -0.39 is 0 Å². The normalized spacial score (nSPS) is 19.9. The van der Waals surface area contributed by atoms with Crippen LogP contribution in [-0.4, -0.2) is 41.4 Å². The minimum absolute atomic E-state index is 0.0531. The average Bonchev–Trinajstić information content (AvgIpc) is 2.16. The van der Waals surface area contributed by atoms with Gasteiger partial charge in [-0.25, -0.2) is 4.79 Å². The first-order chi connectivity index (χ1) is 7.49. The molecule has 94 valence electrons. The van der Waals surface area contributed by atoms with Crippen LogP contribution in [0.2, 0.25) is 0 Å². The highest BCUT2D eigenvalue weighted by Crippen LogP contribution is 2.22. The van der Waals surface area contributed by atoms with Crippen LogP contribution >= 0.6 is 0 Å². The van der Waals surface area contributed by atoms with E-state index in [1.54, 1.807) is 4.90 Å². The van der Waals surface area contributed by atoms with Gasteiger partial charge >= 0.3 is 6.09 Å². The van der Waals surface area contributed by atoms with E-state index in [-0.39, 0.29) is 18.3 Å². The fourth-order valence-electron chi connectivity index (χ4n) is 2.11. The topological polar surface area (TPSA) is 49.8 Å². The number of aliphatic hydroxyl groups is 1. The molecule has 1 amide bonds. The molecule has 0 aromatic rings. The van der Waals surface area contributed by atoms with E-state index in [1.165, 1.54) is 0 Å². The number of aliphatic hydroxyl groups excluding tert-OH is 1. The van der Waals surface area contributed by atoms with Crippen LogP contribution in [0.4, 0.5) is 4.79 Å². The molecule has 16 heavy (non-hydrogen) atoms. The minimum Gasteiger partial charge on any atom is -0.447 e. The van der Waals surface area contributed by atoms with Gasteiger partial charge in [0, 0.05) is 13.1 Å². The summed E-state index contributed by atoms with van der Waals surface area (Å²) in [4.78, 5) is 13.4. The number of hydrogen-bond donors (Lipinski definition) is 1. The van der Waals surface area contributed by atoms with Crippen molar-refractivity contribution in [3.63, 3.8) is 0 Å². The predicted molar refractivity (Wildman–Crippen MR) is 62.2 cm³/mol. The molecule has 0 aliphatic carbocycles. The zero-order chi connectivity index (χ0) is 12.1. The van der Waals surface area contributed by atoms with Crippen molar-refractivity contribution in [3.05, 3.63) is 0 Å². The maximum atomic E-state index is 11.6. The number of carbonyl (C=O) groups excluding carboxylic acids is 1. The largest absolute Gasteiger partial charge is 0.447 e. The van der Waals surface area contributed by atoms with Gasteiger partial charge in [0.2, 0.25) is 0 Å². The standard InChI is InChI=1S/C12H23NO3/c1-9(2)16-12(15)13-6-4-11(5-7-13)8-10(3)14/h9-11,14H,4-8H2,1-3H3. The van der Waals surface area contributed by atoms with Gasteiger partial charge in [-0.2, -0.15) is 0 Å². The summed E-state index contributed by atoms with van der Waals surface area (Å²) in [5.74, 6) is 0.545. The SMILES string of the molecule is CC(O)CC1CCN(C(=O)OC(C)C)CC1. The fourth-order valence-corrected chi connectivity index (χ4v) is 2.11. The molecule has 0 saturated carbocycles. The van der Waals surface area contributed by atoms with Gasteiger partial charge in [0.1, 0.15) is 0 Å². The Hall–Kier alpha value is -0.770. The van der Waals surface area contributed by atoms with Gasteiger partial charge < -0.3 is 14.7 Å². The van der Waals surface area contributed by atoms with Gasteiger partial charge in [-0.05, 0) is 46.0 Å². The first-order valence-electron chi connectivity index (χ1n) is 6.12. The van der Waals surface area contributed by atoms with Crippen LogP contribution in [0.15, 0.2) is 0 Å². The van der Waals surface area contributed by atoms with Crippen molar-refractivity contribution in [1.29, 1.82) is 0 Å². The van der Waals surface area contributed by atoms with Crippen LogP contribution in [0.1, 0.15) is 40.0 Å². The van der Waals surface area contributed by atoms with E-state index in [1.807, 2.05) is 20.8 Å². The molecule has 0 aromatic carbocycles. The summed E-state index contributed by atoms with van der Waals surface area (Å²) in [5.41, 5.74) is 0. The maximum absolute atomic E-state index is 11.6. The molecular formula is C12H23NO3. The molecule has 1 rings (SSSR count). The first kappa shape index (κ1) is 13.3. The summed E-state index contributed by atoms with van der Waals surface area (Å²) in [6, 6.07) is 0. The van der Waals surface area contributed by atoms with E-state index in [0.29, 0.717) is 5.92 Å². The summed E-state index contributed by atoms with van der Waals surface area (Å²) < 4.78 is 5.14.